The van der Waals surface area contributed by atoms with E-state index in [9.17, 15) is 9.59 Å². The predicted molar refractivity (Wildman–Crippen MR) is 77.3 cm³/mol. The van der Waals surface area contributed by atoms with Crippen molar-refractivity contribution >= 4 is 29.2 Å². The van der Waals surface area contributed by atoms with Gasteiger partial charge in [0, 0.05) is 11.6 Å². The summed E-state index contributed by atoms with van der Waals surface area (Å²) in [6, 6.07) is 4.69. The van der Waals surface area contributed by atoms with Gasteiger partial charge in [-0.05, 0) is 24.6 Å². The second kappa shape index (κ2) is 7.75. The number of amides is 1. The third-order valence-electron chi connectivity index (χ3n) is 2.72. The number of aliphatic carboxylic acids is 1. The summed E-state index contributed by atoms with van der Waals surface area (Å²) in [5, 5.41) is 11.5. The van der Waals surface area contributed by atoms with Crippen LogP contribution in [0.3, 0.4) is 0 Å². The van der Waals surface area contributed by atoms with E-state index in [0.29, 0.717) is 5.69 Å². The van der Waals surface area contributed by atoms with Crippen LogP contribution in [-0.2, 0) is 9.59 Å². The van der Waals surface area contributed by atoms with Gasteiger partial charge >= 0.3 is 5.97 Å². The summed E-state index contributed by atoms with van der Waals surface area (Å²) in [5.74, 6) is -0.940. The molecular formula is C14H18ClNO4. The van der Waals surface area contributed by atoms with Crippen LogP contribution in [0.15, 0.2) is 18.2 Å². The van der Waals surface area contributed by atoms with Gasteiger partial charge in [-0.2, -0.15) is 0 Å². The molecule has 20 heavy (non-hydrogen) atoms. The number of benzene rings is 1. The number of ether oxygens (including phenoxy) is 1. The van der Waals surface area contributed by atoms with Gasteiger partial charge in [-0.25, -0.2) is 4.79 Å². The Morgan fingerprint density at radius 2 is 2.15 bits per heavy atom. The van der Waals surface area contributed by atoms with Crippen LogP contribution in [0.1, 0.15) is 26.7 Å². The Bertz CT molecular complexity index is 490. The molecule has 1 unspecified atom stereocenters. The first-order chi connectivity index (χ1) is 9.43. The number of halogens is 1. The van der Waals surface area contributed by atoms with E-state index in [2.05, 4.69) is 5.32 Å². The summed E-state index contributed by atoms with van der Waals surface area (Å²) in [6.45, 7) is 3.43. The zero-order valence-corrected chi connectivity index (χ0v) is 12.2. The first-order valence-corrected chi connectivity index (χ1v) is 6.76. The van der Waals surface area contributed by atoms with Gasteiger partial charge < -0.3 is 15.2 Å². The lowest BCUT2D eigenvalue weighted by atomic mass is 10.1. The maximum absolute atomic E-state index is 11.9. The van der Waals surface area contributed by atoms with Crippen molar-refractivity contribution in [2.24, 2.45) is 5.92 Å². The second-order valence-electron chi connectivity index (χ2n) is 4.51. The molecule has 6 heteroatoms. The number of carbonyl (C=O) groups excluding carboxylic acids is 1. The van der Waals surface area contributed by atoms with E-state index in [4.69, 9.17) is 21.4 Å². The Hall–Kier alpha value is -1.75. The van der Waals surface area contributed by atoms with Crippen LogP contribution in [-0.4, -0.2) is 23.6 Å². The summed E-state index contributed by atoms with van der Waals surface area (Å²) in [4.78, 5) is 22.3. The third-order valence-corrected chi connectivity index (χ3v) is 3.02. The smallest absolute Gasteiger partial charge is 0.341 e. The normalized spacial score (nSPS) is 11.8. The summed E-state index contributed by atoms with van der Waals surface area (Å²) < 4.78 is 5.00. The van der Waals surface area contributed by atoms with Gasteiger partial charge in [0.2, 0.25) is 5.91 Å². The number of hydrogen-bond acceptors (Lipinski definition) is 3. The van der Waals surface area contributed by atoms with E-state index in [-0.39, 0.29) is 22.6 Å². The average Bonchev–Trinajstić information content (AvgIpc) is 2.37. The molecule has 1 amide bonds. The molecule has 0 radical (unpaired) electrons. The van der Waals surface area contributed by atoms with E-state index in [0.717, 1.165) is 12.8 Å². The second-order valence-corrected chi connectivity index (χ2v) is 4.91. The topological polar surface area (TPSA) is 75.6 Å². The van der Waals surface area contributed by atoms with Crippen LogP contribution >= 0.6 is 11.6 Å². The molecular weight excluding hydrogens is 282 g/mol. The lowest BCUT2D eigenvalue weighted by molar-refractivity contribution is -0.139. The summed E-state index contributed by atoms with van der Waals surface area (Å²) in [5.41, 5.74) is 0.561. The van der Waals surface area contributed by atoms with Crippen LogP contribution in [0.5, 0.6) is 5.75 Å². The Balaban J connectivity index is 2.67. The fourth-order valence-electron chi connectivity index (χ4n) is 1.66. The fourth-order valence-corrected chi connectivity index (χ4v) is 1.90. The van der Waals surface area contributed by atoms with E-state index in [1.807, 2.05) is 13.8 Å². The quantitative estimate of drug-likeness (QED) is 0.811. The zero-order chi connectivity index (χ0) is 15.1. The van der Waals surface area contributed by atoms with Gasteiger partial charge in [0.25, 0.3) is 0 Å². The monoisotopic (exact) mass is 299 g/mol. The molecule has 0 bridgehead atoms. The van der Waals surface area contributed by atoms with E-state index >= 15 is 0 Å². The molecule has 0 aliphatic carbocycles. The number of carboxylic acids is 1. The summed E-state index contributed by atoms with van der Waals surface area (Å²) in [6.07, 6.45) is 1.76. The average molecular weight is 300 g/mol. The van der Waals surface area contributed by atoms with Crippen molar-refractivity contribution in [3.05, 3.63) is 23.2 Å². The molecule has 0 aliphatic rings. The number of hydrogen-bond donors (Lipinski definition) is 2. The van der Waals surface area contributed by atoms with Gasteiger partial charge in [-0.3, -0.25) is 4.79 Å². The highest BCUT2D eigenvalue weighted by Crippen LogP contribution is 2.28. The molecule has 1 aromatic rings. The molecule has 110 valence electrons. The van der Waals surface area contributed by atoms with E-state index in [1.165, 1.54) is 12.1 Å². The van der Waals surface area contributed by atoms with Gasteiger partial charge in [-0.1, -0.05) is 31.9 Å². The first kappa shape index (κ1) is 16.3. The van der Waals surface area contributed by atoms with Crippen molar-refractivity contribution in [2.45, 2.75) is 26.7 Å². The molecule has 0 heterocycles. The molecule has 0 aromatic heterocycles. The fraction of sp³-hybridized carbons (Fsp3) is 0.429. The Morgan fingerprint density at radius 3 is 2.70 bits per heavy atom. The number of anilines is 1. The van der Waals surface area contributed by atoms with Crippen LogP contribution in [0.4, 0.5) is 5.69 Å². The summed E-state index contributed by atoms with van der Waals surface area (Å²) in [7, 11) is 0. The minimum Gasteiger partial charge on any atom is -0.480 e. The Morgan fingerprint density at radius 1 is 1.45 bits per heavy atom. The third kappa shape index (κ3) is 5.09. The van der Waals surface area contributed by atoms with Crippen molar-refractivity contribution in [3.63, 3.8) is 0 Å². The maximum Gasteiger partial charge on any atom is 0.341 e. The SMILES string of the molecule is CCCC(C)C(=O)Nc1ccc(OCC(=O)O)c(Cl)c1. The minimum absolute atomic E-state index is 0.0675. The highest BCUT2D eigenvalue weighted by molar-refractivity contribution is 6.32. The molecule has 0 saturated carbocycles. The highest BCUT2D eigenvalue weighted by atomic mass is 35.5. The molecule has 0 fully saturated rings. The van der Waals surface area contributed by atoms with Crippen LogP contribution < -0.4 is 10.1 Å². The Labute approximate surface area is 122 Å². The minimum atomic E-state index is -1.08. The lowest BCUT2D eigenvalue weighted by Crippen LogP contribution is -2.20. The largest absolute Gasteiger partial charge is 0.480 e. The van der Waals surface area contributed by atoms with E-state index < -0.39 is 12.6 Å². The number of nitrogens with one attached hydrogen (secondary N) is 1. The predicted octanol–water partition coefficient (Wildman–Crippen LogP) is 3.18. The first-order valence-electron chi connectivity index (χ1n) is 6.39. The Kier molecular flexibility index (Phi) is 6.31. The zero-order valence-electron chi connectivity index (χ0n) is 11.5. The van der Waals surface area contributed by atoms with Gasteiger partial charge in [-0.15, -0.1) is 0 Å². The molecule has 0 saturated heterocycles. The van der Waals surface area contributed by atoms with Crippen molar-refractivity contribution in [1.82, 2.24) is 0 Å². The van der Waals surface area contributed by atoms with Crippen LogP contribution in [0.2, 0.25) is 5.02 Å². The number of carbonyl (C=O) groups is 2. The number of rotatable bonds is 7. The molecule has 1 aromatic carbocycles. The van der Waals surface area contributed by atoms with Gasteiger partial charge in [0.15, 0.2) is 6.61 Å². The molecule has 0 spiro atoms. The van der Waals surface area contributed by atoms with Gasteiger partial charge in [0.1, 0.15) is 5.75 Å². The van der Waals surface area contributed by atoms with Crippen LogP contribution in [0, 0.1) is 5.92 Å². The van der Waals surface area contributed by atoms with Crippen molar-refractivity contribution in [1.29, 1.82) is 0 Å². The maximum atomic E-state index is 11.9. The standard InChI is InChI=1S/C14H18ClNO4/c1-3-4-9(2)14(19)16-10-5-6-12(11(15)7-10)20-8-13(17)18/h5-7,9H,3-4,8H2,1-2H3,(H,16,19)(H,17,18). The molecule has 0 aliphatic heterocycles. The van der Waals surface area contributed by atoms with Crippen molar-refractivity contribution in [2.75, 3.05) is 11.9 Å². The molecule has 2 N–H and O–H groups in total. The van der Waals surface area contributed by atoms with Gasteiger partial charge in [0.05, 0.1) is 5.02 Å². The molecule has 1 atom stereocenters. The highest BCUT2D eigenvalue weighted by Gasteiger charge is 2.13. The molecule has 5 nitrogen and oxygen atoms in total. The van der Waals surface area contributed by atoms with E-state index in [1.54, 1.807) is 6.07 Å². The summed E-state index contributed by atoms with van der Waals surface area (Å²) >= 11 is 5.97. The van der Waals surface area contributed by atoms with Crippen LogP contribution in [0.25, 0.3) is 0 Å². The lowest BCUT2D eigenvalue weighted by Gasteiger charge is -2.12. The van der Waals surface area contributed by atoms with Crippen molar-refractivity contribution in [3.8, 4) is 5.75 Å². The molecule has 1 rings (SSSR count). The van der Waals surface area contributed by atoms with Crippen molar-refractivity contribution < 1.29 is 19.4 Å². The number of carboxylic acid groups (broad SMARTS) is 1.